The van der Waals surface area contributed by atoms with Gasteiger partial charge in [-0.05, 0) is 43.2 Å². The van der Waals surface area contributed by atoms with E-state index in [1.807, 2.05) is 61.5 Å². The van der Waals surface area contributed by atoms with Gasteiger partial charge >= 0.3 is 0 Å². The zero-order valence-corrected chi connectivity index (χ0v) is 11.8. The summed E-state index contributed by atoms with van der Waals surface area (Å²) < 4.78 is 5.67. The normalized spacial score (nSPS) is 11.2. The van der Waals surface area contributed by atoms with Crippen LogP contribution in [0.15, 0.2) is 54.6 Å². The third-order valence-corrected chi connectivity index (χ3v) is 3.16. The van der Waals surface area contributed by atoms with Gasteiger partial charge in [0.25, 0.3) is 0 Å². The summed E-state index contributed by atoms with van der Waals surface area (Å²) in [6.45, 7) is 4.62. The molecule has 0 atom stereocenters. The van der Waals surface area contributed by atoms with Gasteiger partial charge in [0.2, 0.25) is 0 Å². The lowest BCUT2D eigenvalue weighted by Gasteiger charge is -2.05. The van der Waals surface area contributed by atoms with Crippen LogP contribution in [0.5, 0.6) is 5.75 Å². The Hall–Kier alpha value is -2.35. The Morgan fingerprint density at radius 2 is 1.70 bits per heavy atom. The molecule has 0 N–H and O–H groups in total. The van der Waals surface area contributed by atoms with Crippen LogP contribution in [0, 0.1) is 6.92 Å². The molecule has 102 valence electrons. The summed E-state index contributed by atoms with van der Waals surface area (Å²) in [5, 5.41) is 0. The fourth-order valence-corrected chi connectivity index (χ4v) is 1.84. The van der Waals surface area contributed by atoms with Crippen molar-refractivity contribution in [3.63, 3.8) is 0 Å². The minimum atomic E-state index is 0.532. The maximum atomic E-state index is 10.6. The van der Waals surface area contributed by atoms with E-state index in [9.17, 15) is 4.79 Å². The van der Waals surface area contributed by atoms with Crippen molar-refractivity contribution in [1.82, 2.24) is 0 Å². The minimum absolute atomic E-state index is 0.532. The first-order valence-electron chi connectivity index (χ1n) is 6.61. The molecule has 0 unspecified atom stereocenters. The molecule has 0 spiro atoms. The van der Waals surface area contributed by atoms with Crippen molar-refractivity contribution in [2.45, 2.75) is 13.8 Å². The molecule has 2 aromatic rings. The van der Waals surface area contributed by atoms with Gasteiger partial charge in [-0.15, -0.1) is 0 Å². The van der Waals surface area contributed by atoms with Gasteiger partial charge in [0, 0.05) is 5.56 Å². The highest BCUT2D eigenvalue weighted by Crippen LogP contribution is 2.15. The smallest absolute Gasteiger partial charge is 0.150 e. The Labute approximate surface area is 119 Å². The molecule has 2 heteroatoms. The third kappa shape index (κ3) is 3.82. The molecule has 0 saturated carbocycles. The molecule has 0 aromatic heterocycles. The Balaban J connectivity index is 1.96. The Morgan fingerprint density at radius 3 is 2.30 bits per heavy atom. The largest absolute Gasteiger partial charge is 0.490 e. The van der Waals surface area contributed by atoms with Crippen molar-refractivity contribution in [3.8, 4) is 5.75 Å². The van der Waals surface area contributed by atoms with Crippen molar-refractivity contribution in [3.05, 3.63) is 71.3 Å². The van der Waals surface area contributed by atoms with Gasteiger partial charge < -0.3 is 4.74 Å². The van der Waals surface area contributed by atoms with E-state index in [4.69, 9.17) is 4.74 Å². The van der Waals surface area contributed by atoms with Gasteiger partial charge in [0.05, 0.1) is 0 Å². The van der Waals surface area contributed by atoms with Gasteiger partial charge in [0.15, 0.2) is 0 Å². The van der Waals surface area contributed by atoms with Crippen LogP contribution in [0.4, 0.5) is 0 Å². The minimum Gasteiger partial charge on any atom is -0.490 e. The van der Waals surface area contributed by atoms with Gasteiger partial charge in [-0.1, -0.05) is 42.0 Å². The number of rotatable bonds is 5. The summed E-state index contributed by atoms with van der Waals surface area (Å²) in [6.07, 6.45) is 2.89. The van der Waals surface area contributed by atoms with E-state index in [0.29, 0.717) is 12.2 Å². The molecule has 2 nitrogen and oxygen atoms in total. The highest BCUT2D eigenvalue weighted by atomic mass is 16.5. The third-order valence-electron chi connectivity index (χ3n) is 3.16. The van der Waals surface area contributed by atoms with E-state index in [1.165, 1.54) is 5.56 Å². The highest BCUT2D eigenvalue weighted by Gasteiger charge is 1.97. The average molecular weight is 266 g/mol. The lowest BCUT2D eigenvalue weighted by Crippen LogP contribution is -1.94. The van der Waals surface area contributed by atoms with E-state index in [-0.39, 0.29) is 0 Å². The number of benzene rings is 2. The average Bonchev–Trinajstić information content (AvgIpc) is 2.49. The first-order valence-corrected chi connectivity index (χ1v) is 6.61. The lowest BCUT2D eigenvalue weighted by molar-refractivity contribution is 0.112. The van der Waals surface area contributed by atoms with Gasteiger partial charge in [-0.3, -0.25) is 4.79 Å². The summed E-state index contributed by atoms with van der Waals surface area (Å²) in [4.78, 5) is 10.6. The van der Waals surface area contributed by atoms with E-state index in [1.54, 1.807) is 0 Å². The second-order valence-corrected chi connectivity index (χ2v) is 4.75. The lowest BCUT2D eigenvalue weighted by atomic mass is 10.1. The van der Waals surface area contributed by atoms with Crippen LogP contribution in [-0.2, 0) is 0 Å². The van der Waals surface area contributed by atoms with Crippen molar-refractivity contribution >= 4 is 11.9 Å². The molecule has 20 heavy (non-hydrogen) atoms. The van der Waals surface area contributed by atoms with Gasteiger partial charge in [-0.25, -0.2) is 0 Å². The summed E-state index contributed by atoms with van der Waals surface area (Å²) in [5.41, 5.74) is 4.15. The maximum Gasteiger partial charge on any atom is 0.150 e. The number of allylic oxidation sites excluding steroid dienone is 1. The van der Waals surface area contributed by atoms with E-state index < -0.39 is 0 Å². The fraction of sp³-hybridized carbons (Fsp3) is 0.167. The standard InChI is InChI=1S/C18H18O2/c1-14-3-9-18(10-4-14)20-12-11-15(2)17-7-5-16(13-19)6-8-17/h3-11,13H,12H2,1-2H3/b15-11-. The molecule has 0 amide bonds. The zero-order chi connectivity index (χ0) is 14.4. The predicted octanol–water partition coefficient (Wildman–Crippen LogP) is 4.29. The van der Waals surface area contributed by atoms with Crippen molar-refractivity contribution in [2.75, 3.05) is 6.61 Å². The molecular weight excluding hydrogens is 248 g/mol. The summed E-state index contributed by atoms with van der Waals surface area (Å²) in [7, 11) is 0. The number of carbonyl (C=O) groups excluding carboxylic acids is 1. The van der Waals surface area contributed by atoms with Crippen LogP contribution < -0.4 is 4.74 Å². The number of hydrogen-bond donors (Lipinski definition) is 0. The Kier molecular flexibility index (Phi) is 4.72. The second kappa shape index (κ2) is 6.71. The van der Waals surface area contributed by atoms with Crippen molar-refractivity contribution in [1.29, 1.82) is 0 Å². The number of aryl methyl sites for hydroxylation is 1. The molecule has 0 fully saturated rings. The van der Waals surface area contributed by atoms with Crippen LogP contribution >= 0.6 is 0 Å². The Morgan fingerprint density at radius 1 is 1.05 bits per heavy atom. The van der Waals surface area contributed by atoms with E-state index in [0.717, 1.165) is 23.2 Å². The first-order chi connectivity index (χ1) is 9.69. The van der Waals surface area contributed by atoms with E-state index in [2.05, 4.69) is 6.92 Å². The summed E-state index contributed by atoms with van der Waals surface area (Å²) >= 11 is 0. The van der Waals surface area contributed by atoms with Gasteiger partial charge in [0.1, 0.15) is 18.6 Å². The molecule has 2 rings (SSSR count). The molecule has 0 radical (unpaired) electrons. The molecule has 0 aliphatic heterocycles. The zero-order valence-electron chi connectivity index (χ0n) is 11.8. The molecule has 0 heterocycles. The maximum absolute atomic E-state index is 10.6. The second-order valence-electron chi connectivity index (χ2n) is 4.75. The van der Waals surface area contributed by atoms with Crippen molar-refractivity contribution in [2.24, 2.45) is 0 Å². The van der Waals surface area contributed by atoms with Crippen LogP contribution in [-0.4, -0.2) is 12.9 Å². The van der Waals surface area contributed by atoms with Crippen LogP contribution in [0.1, 0.15) is 28.4 Å². The molecule has 0 aliphatic rings. The molecule has 0 aliphatic carbocycles. The topological polar surface area (TPSA) is 26.3 Å². The first kappa shape index (κ1) is 14.1. The van der Waals surface area contributed by atoms with Crippen molar-refractivity contribution < 1.29 is 9.53 Å². The quantitative estimate of drug-likeness (QED) is 0.755. The van der Waals surface area contributed by atoms with Crippen LogP contribution in [0.25, 0.3) is 5.57 Å². The summed E-state index contributed by atoms with van der Waals surface area (Å²) in [6, 6.07) is 15.5. The number of hydrogen-bond acceptors (Lipinski definition) is 2. The monoisotopic (exact) mass is 266 g/mol. The number of ether oxygens (including phenoxy) is 1. The van der Waals surface area contributed by atoms with Crippen LogP contribution in [0.2, 0.25) is 0 Å². The molecular formula is C18H18O2. The highest BCUT2D eigenvalue weighted by molar-refractivity contribution is 5.76. The molecule has 0 saturated heterocycles. The number of aldehydes is 1. The molecule has 0 bridgehead atoms. The van der Waals surface area contributed by atoms with Crippen LogP contribution in [0.3, 0.4) is 0 Å². The van der Waals surface area contributed by atoms with E-state index >= 15 is 0 Å². The number of carbonyl (C=O) groups is 1. The predicted molar refractivity (Wildman–Crippen MR) is 82.2 cm³/mol. The van der Waals surface area contributed by atoms with Gasteiger partial charge in [-0.2, -0.15) is 0 Å². The fourth-order valence-electron chi connectivity index (χ4n) is 1.84. The molecule has 2 aromatic carbocycles. The summed E-state index contributed by atoms with van der Waals surface area (Å²) in [5.74, 6) is 0.871. The Bertz CT molecular complexity index is 592. The SMILES string of the molecule is C/C(=C/COc1ccc(C)cc1)c1ccc(C=O)cc1.